The van der Waals surface area contributed by atoms with Crippen molar-refractivity contribution in [2.75, 3.05) is 11.9 Å². The SMILES string of the molecule is N#Cc1cc2ccccc2nc1NCCCCC(=O)O. The van der Waals surface area contributed by atoms with Gasteiger partial charge in [-0.2, -0.15) is 5.26 Å². The largest absolute Gasteiger partial charge is 0.481 e. The van der Waals surface area contributed by atoms with Crippen molar-refractivity contribution >= 4 is 22.7 Å². The number of rotatable bonds is 6. The molecule has 0 aliphatic carbocycles. The number of hydrogen-bond acceptors (Lipinski definition) is 4. The van der Waals surface area contributed by atoms with Crippen LogP contribution in [0.2, 0.25) is 0 Å². The molecule has 102 valence electrons. The Hall–Kier alpha value is -2.61. The molecule has 20 heavy (non-hydrogen) atoms. The Morgan fingerprint density at radius 3 is 2.90 bits per heavy atom. The molecule has 1 heterocycles. The van der Waals surface area contributed by atoms with Gasteiger partial charge in [-0.1, -0.05) is 18.2 Å². The van der Waals surface area contributed by atoms with Gasteiger partial charge in [0.2, 0.25) is 0 Å². The van der Waals surface area contributed by atoms with Gasteiger partial charge in [-0.05, 0) is 25.0 Å². The number of aromatic nitrogens is 1. The smallest absolute Gasteiger partial charge is 0.303 e. The van der Waals surface area contributed by atoms with E-state index in [0.29, 0.717) is 24.3 Å². The Labute approximate surface area is 116 Å². The summed E-state index contributed by atoms with van der Waals surface area (Å²) in [5, 5.41) is 21.7. The zero-order valence-corrected chi connectivity index (χ0v) is 11.0. The number of nitrogens with zero attached hydrogens (tertiary/aromatic N) is 2. The lowest BCUT2D eigenvalue weighted by atomic mass is 10.1. The highest BCUT2D eigenvalue weighted by Crippen LogP contribution is 2.19. The number of nitrogens with one attached hydrogen (secondary N) is 1. The van der Waals surface area contributed by atoms with Crippen LogP contribution in [0.15, 0.2) is 30.3 Å². The highest BCUT2D eigenvalue weighted by molar-refractivity contribution is 5.82. The Morgan fingerprint density at radius 2 is 2.15 bits per heavy atom. The van der Waals surface area contributed by atoms with Crippen LogP contribution >= 0.6 is 0 Å². The van der Waals surface area contributed by atoms with E-state index < -0.39 is 5.97 Å². The number of para-hydroxylation sites is 1. The molecule has 0 aliphatic rings. The van der Waals surface area contributed by atoms with Crippen LogP contribution < -0.4 is 5.32 Å². The van der Waals surface area contributed by atoms with E-state index in [1.807, 2.05) is 30.3 Å². The molecule has 0 fully saturated rings. The molecular weight excluding hydrogens is 254 g/mol. The predicted octanol–water partition coefficient (Wildman–Crippen LogP) is 2.77. The fraction of sp³-hybridized carbons (Fsp3) is 0.267. The summed E-state index contributed by atoms with van der Waals surface area (Å²) >= 11 is 0. The predicted molar refractivity (Wildman–Crippen MR) is 76.4 cm³/mol. The van der Waals surface area contributed by atoms with Crippen LogP contribution in [-0.4, -0.2) is 22.6 Å². The van der Waals surface area contributed by atoms with Gasteiger partial charge in [-0.3, -0.25) is 4.79 Å². The molecule has 5 nitrogen and oxygen atoms in total. The average molecular weight is 269 g/mol. The Morgan fingerprint density at radius 1 is 1.35 bits per heavy atom. The van der Waals surface area contributed by atoms with E-state index in [1.165, 1.54) is 0 Å². The number of benzene rings is 1. The van der Waals surface area contributed by atoms with E-state index in [1.54, 1.807) is 0 Å². The lowest BCUT2D eigenvalue weighted by Crippen LogP contribution is -2.06. The lowest BCUT2D eigenvalue weighted by Gasteiger charge is -2.08. The summed E-state index contributed by atoms with van der Waals surface area (Å²) in [6.07, 6.45) is 1.50. The summed E-state index contributed by atoms with van der Waals surface area (Å²) in [5.74, 6) is -0.229. The number of anilines is 1. The van der Waals surface area contributed by atoms with Crippen molar-refractivity contribution in [3.63, 3.8) is 0 Å². The first-order chi connectivity index (χ1) is 9.70. The van der Waals surface area contributed by atoms with Crippen molar-refractivity contribution in [3.05, 3.63) is 35.9 Å². The topological polar surface area (TPSA) is 86.0 Å². The zero-order valence-electron chi connectivity index (χ0n) is 11.0. The first-order valence-electron chi connectivity index (χ1n) is 6.46. The maximum Gasteiger partial charge on any atom is 0.303 e. The molecule has 0 bridgehead atoms. The molecule has 0 spiro atoms. The molecule has 0 saturated heterocycles. The number of hydrogen-bond donors (Lipinski definition) is 2. The fourth-order valence-corrected chi connectivity index (χ4v) is 1.94. The third-order valence-corrected chi connectivity index (χ3v) is 2.95. The van der Waals surface area contributed by atoms with Crippen molar-refractivity contribution in [2.45, 2.75) is 19.3 Å². The minimum absolute atomic E-state index is 0.165. The summed E-state index contributed by atoms with van der Waals surface area (Å²) in [7, 11) is 0. The van der Waals surface area contributed by atoms with E-state index in [0.717, 1.165) is 17.3 Å². The van der Waals surface area contributed by atoms with Crippen LogP contribution in [0.1, 0.15) is 24.8 Å². The fourth-order valence-electron chi connectivity index (χ4n) is 1.94. The number of nitriles is 1. The second-order valence-corrected chi connectivity index (χ2v) is 4.47. The van der Waals surface area contributed by atoms with E-state index in [2.05, 4.69) is 16.4 Å². The number of carbonyl (C=O) groups is 1. The molecule has 0 unspecified atom stereocenters. The number of unbranched alkanes of at least 4 members (excludes halogenated alkanes) is 1. The van der Waals surface area contributed by atoms with Gasteiger partial charge in [0, 0.05) is 18.4 Å². The summed E-state index contributed by atoms with van der Waals surface area (Å²) in [5.41, 5.74) is 1.33. The molecule has 2 rings (SSSR count). The number of carboxylic acid groups (broad SMARTS) is 1. The Bertz CT molecular complexity index is 662. The molecule has 1 aromatic heterocycles. The van der Waals surface area contributed by atoms with Crippen molar-refractivity contribution in [1.82, 2.24) is 4.98 Å². The van der Waals surface area contributed by atoms with E-state index >= 15 is 0 Å². The molecule has 0 radical (unpaired) electrons. The van der Waals surface area contributed by atoms with Crippen LogP contribution in [0.25, 0.3) is 10.9 Å². The molecule has 2 N–H and O–H groups in total. The molecule has 5 heteroatoms. The van der Waals surface area contributed by atoms with E-state index in [-0.39, 0.29) is 6.42 Å². The van der Waals surface area contributed by atoms with Gasteiger partial charge in [-0.15, -0.1) is 0 Å². The summed E-state index contributed by atoms with van der Waals surface area (Å²) in [4.78, 5) is 14.8. The standard InChI is InChI=1S/C15H15N3O2/c16-10-12-9-11-5-1-2-6-13(11)18-15(12)17-8-4-3-7-14(19)20/h1-2,5-6,9H,3-4,7-8H2,(H,17,18)(H,19,20). The minimum atomic E-state index is -0.786. The lowest BCUT2D eigenvalue weighted by molar-refractivity contribution is -0.137. The van der Waals surface area contributed by atoms with Gasteiger partial charge in [0.1, 0.15) is 11.9 Å². The van der Waals surface area contributed by atoms with Gasteiger partial charge in [-0.25, -0.2) is 4.98 Å². The van der Waals surface area contributed by atoms with E-state index in [4.69, 9.17) is 10.4 Å². The summed E-state index contributed by atoms with van der Waals surface area (Å²) in [6, 6.07) is 11.6. The third-order valence-electron chi connectivity index (χ3n) is 2.95. The van der Waals surface area contributed by atoms with Crippen LogP contribution in [-0.2, 0) is 4.79 Å². The summed E-state index contributed by atoms with van der Waals surface area (Å²) in [6.45, 7) is 0.604. The molecule has 0 saturated carbocycles. The minimum Gasteiger partial charge on any atom is -0.481 e. The molecular formula is C15H15N3O2. The van der Waals surface area contributed by atoms with Crippen LogP contribution in [0.4, 0.5) is 5.82 Å². The number of carboxylic acids is 1. The molecule has 1 aromatic carbocycles. The molecule has 0 amide bonds. The van der Waals surface area contributed by atoms with Gasteiger partial charge >= 0.3 is 5.97 Å². The molecule has 0 aliphatic heterocycles. The van der Waals surface area contributed by atoms with Crippen LogP contribution in [0, 0.1) is 11.3 Å². The Kier molecular flexibility index (Phi) is 4.51. The highest BCUT2D eigenvalue weighted by Gasteiger charge is 2.06. The van der Waals surface area contributed by atoms with Gasteiger partial charge in [0.15, 0.2) is 0 Å². The third kappa shape index (κ3) is 3.45. The van der Waals surface area contributed by atoms with Crippen molar-refractivity contribution in [2.24, 2.45) is 0 Å². The maximum absolute atomic E-state index is 10.4. The number of fused-ring (bicyclic) bond motifs is 1. The van der Waals surface area contributed by atoms with Crippen LogP contribution in [0.3, 0.4) is 0 Å². The normalized spacial score (nSPS) is 10.2. The van der Waals surface area contributed by atoms with Crippen molar-refractivity contribution in [3.8, 4) is 6.07 Å². The number of aliphatic carboxylic acids is 1. The van der Waals surface area contributed by atoms with Gasteiger partial charge < -0.3 is 10.4 Å². The zero-order chi connectivity index (χ0) is 14.4. The van der Waals surface area contributed by atoms with Gasteiger partial charge in [0.25, 0.3) is 0 Å². The highest BCUT2D eigenvalue weighted by atomic mass is 16.4. The van der Waals surface area contributed by atoms with Crippen LogP contribution in [0.5, 0.6) is 0 Å². The monoisotopic (exact) mass is 269 g/mol. The second-order valence-electron chi connectivity index (χ2n) is 4.47. The second kappa shape index (κ2) is 6.53. The first kappa shape index (κ1) is 13.8. The van der Waals surface area contributed by atoms with Crippen molar-refractivity contribution in [1.29, 1.82) is 5.26 Å². The van der Waals surface area contributed by atoms with Crippen molar-refractivity contribution < 1.29 is 9.90 Å². The average Bonchev–Trinajstić information content (AvgIpc) is 2.45. The first-order valence-corrected chi connectivity index (χ1v) is 6.46. The Balaban J connectivity index is 2.05. The molecule has 2 aromatic rings. The molecule has 0 atom stereocenters. The van der Waals surface area contributed by atoms with Gasteiger partial charge in [0.05, 0.1) is 11.1 Å². The maximum atomic E-state index is 10.4. The quantitative estimate of drug-likeness (QED) is 0.787. The van der Waals surface area contributed by atoms with E-state index in [9.17, 15) is 4.79 Å². The number of pyridine rings is 1. The summed E-state index contributed by atoms with van der Waals surface area (Å²) < 4.78 is 0.